The summed E-state index contributed by atoms with van der Waals surface area (Å²) in [7, 11) is 0. The number of aromatic nitrogens is 1. The average molecular weight is 291 g/mol. The summed E-state index contributed by atoms with van der Waals surface area (Å²) in [6, 6.07) is 7.79. The van der Waals surface area contributed by atoms with Gasteiger partial charge in [-0.3, -0.25) is 4.98 Å². The second-order valence-electron chi connectivity index (χ2n) is 5.91. The van der Waals surface area contributed by atoms with Crippen molar-refractivity contribution in [2.75, 3.05) is 11.9 Å². The van der Waals surface area contributed by atoms with Crippen LogP contribution in [0.25, 0.3) is 10.9 Å². The third-order valence-corrected chi connectivity index (χ3v) is 4.12. The summed E-state index contributed by atoms with van der Waals surface area (Å²) in [5.41, 5.74) is 1.93. The standard InChI is InChI=1S/C16H19ClN2O/c1-16(2)8-7-11(20-16)10-19-14-6-5-13(17)12-4-3-9-18-15(12)14/h3-6,9,11,19H,7-8,10H2,1-2H3. The summed E-state index contributed by atoms with van der Waals surface area (Å²) in [5.74, 6) is 0. The number of anilines is 1. The lowest BCUT2D eigenvalue weighted by Crippen LogP contribution is -2.24. The molecule has 4 heteroatoms. The van der Waals surface area contributed by atoms with Crippen LogP contribution in [0.15, 0.2) is 30.5 Å². The van der Waals surface area contributed by atoms with Crippen LogP contribution in [0.5, 0.6) is 0 Å². The largest absolute Gasteiger partial charge is 0.381 e. The molecular weight excluding hydrogens is 272 g/mol. The molecule has 2 heterocycles. The molecule has 3 nitrogen and oxygen atoms in total. The van der Waals surface area contributed by atoms with Crippen LogP contribution < -0.4 is 5.32 Å². The van der Waals surface area contributed by atoms with Gasteiger partial charge in [0.2, 0.25) is 0 Å². The van der Waals surface area contributed by atoms with E-state index in [-0.39, 0.29) is 11.7 Å². The summed E-state index contributed by atoms with van der Waals surface area (Å²) in [6.45, 7) is 5.09. The summed E-state index contributed by atoms with van der Waals surface area (Å²) >= 11 is 6.20. The molecule has 1 fully saturated rings. The van der Waals surface area contributed by atoms with Crippen LogP contribution in [-0.4, -0.2) is 23.2 Å². The number of nitrogens with zero attached hydrogens (tertiary/aromatic N) is 1. The zero-order valence-corrected chi connectivity index (χ0v) is 12.6. The second-order valence-corrected chi connectivity index (χ2v) is 6.32. The van der Waals surface area contributed by atoms with E-state index < -0.39 is 0 Å². The highest BCUT2D eigenvalue weighted by molar-refractivity contribution is 6.35. The Labute approximate surface area is 124 Å². The number of nitrogens with one attached hydrogen (secondary N) is 1. The molecule has 1 aromatic carbocycles. The molecule has 0 radical (unpaired) electrons. The van der Waals surface area contributed by atoms with Crippen LogP contribution in [-0.2, 0) is 4.74 Å². The first-order valence-corrected chi connectivity index (χ1v) is 7.38. The van der Waals surface area contributed by atoms with E-state index in [1.165, 1.54) is 0 Å². The highest BCUT2D eigenvalue weighted by Crippen LogP contribution is 2.31. The van der Waals surface area contributed by atoms with Gasteiger partial charge in [0, 0.05) is 18.1 Å². The van der Waals surface area contributed by atoms with E-state index in [2.05, 4.69) is 24.1 Å². The van der Waals surface area contributed by atoms with Crippen LogP contribution in [0.3, 0.4) is 0 Å². The van der Waals surface area contributed by atoms with Gasteiger partial charge in [-0.05, 0) is 51.0 Å². The Kier molecular flexibility index (Phi) is 3.57. The molecule has 0 amide bonds. The SMILES string of the molecule is CC1(C)CCC(CNc2ccc(Cl)c3cccnc23)O1. The van der Waals surface area contributed by atoms with Crippen molar-refractivity contribution < 1.29 is 4.74 Å². The molecule has 20 heavy (non-hydrogen) atoms. The fourth-order valence-corrected chi connectivity index (χ4v) is 2.94. The zero-order chi connectivity index (χ0) is 14.2. The first kappa shape index (κ1) is 13.7. The molecule has 3 rings (SSSR count). The Bertz CT molecular complexity index is 627. The van der Waals surface area contributed by atoms with Gasteiger partial charge in [0.15, 0.2) is 0 Å². The predicted octanol–water partition coefficient (Wildman–Crippen LogP) is 4.26. The van der Waals surface area contributed by atoms with Gasteiger partial charge in [-0.2, -0.15) is 0 Å². The van der Waals surface area contributed by atoms with E-state index in [1.54, 1.807) is 6.20 Å². The number of halogens is 1. The number of benzene rings is 1. The third kappa shape index (κ3) is 2.74. The molecule has 1 unspecified atom stereocenters. The van der Waals surface area contributed by atoms with Gasteiger partial charge < -0.3 is 10.1 Å². The molecule has 0 saturated carbocycles. The Morgan fingerprint density at radius 3 is 3.00 bits per heavy atom. The first-order chi connectivity index (χ1) is 9.55. The van der Waals surface area contributed by atoms with Gasteiger partial charge in [0.05, 0.1) is 27.9 Å². The van der Waals surface area contributed by atoms with E-state index in [0.29, 0.717) is 0 Å². The maximum absolute atomic E-state index is 6.20. The van der Waals surface area contributed by atoms with E-state index >= 15 is 0 Å². The second kappa shape index (κ2) is 5.23. The van der Waals surface area contributed by atoms with Crippen molar-refractivity contribution in [3.05, 3.63) is 35.5 Å². The van der Waals surface area contributed by atoms with Crippen molar-refractivity contribution in [1.29, 1.82) is 0 Å². The highest BCUT2D eigenvalue weighted by atomic mass is 35.5. The van der Waals surface area contributed by atoms with Crippen molar-refractivity contribution in [1.82, 2.24) is 4.98 Å². The normalized spacial score (nSPS) is 21.2. The topological polar surface area (TPSA) is 34.2 Å². The van der Waals surface area contributed by atoms with Crippen molar-refractivity contribution in [3.63, 3.8) is 0 Å². The van der Waals surface area contributed by atoms with Gasteiger partial charge in [-0.1, -0.05) is 11.6 Å². The van der Waals surface area contributed by atoms with Crippen molar-refractivity contribution >= 4 is 28.2 Å². The molecule has 106 valence electrons. The van der Waals surface area contributed by atoms with E-state index in [1.807, 2.05) is 24.3 Å². The van der Waals surface area contributed by atoms with Gasteiger partial charge in [-0.25, -0.2) is 0 Å². The smallest absolute Gasteiger partial charge is 0.0948 e. The number of hydrogen-bond acceptors (Lipinski definition) is 3. The first-order valence-electron chi connectivity index (χ1n) is 7.00. The van der Waals surface area contributed by atoms with Crippen molar-refractivity contribution in [2.45, 2.75) is 38.4 Å². The van der Waals surface area contributed by atoms with Crippen LogP contribution in [0.4, 0.5) is 5.69 Å². The lowest BCUT2D eigenvalue weighted by atomic mass is 10.1. The Morgan fingerprint density at radius 1 is 1.40 bits per heavy atom. The van der Waals surface area contributed by atoms with Crippen LogP contribution in [0.2, 0.25) is 5.02 Å². The minimum Gasteiger partial charge on any atom is -0.381 e. The average Bonchev–Trinajstić information content (AvgIpc) is 2.78. The Morgan fingerprint density at radius 2 is 2.25 bits per heavy atom. The lowest BCUT2D eigenvalue weighted by Gasteiger charge is -2.20. The van der Waals surface area contributed by atoms with E-state index in [4.69, 9.17) is 16.3 Å². The molecule has 2 aromatic rings. The van der Waals surface area contributed by atoms with Gasteiger partial charge >= 0.3 is 0 Å². The number of pyridine rings is 1. The van der Waals surface area contributed by atoms with E-state index in [0.717, 1.165) is 41.0 Å². The van der Waals surface area contributed by atoms with Crippen molar-refractivity contribution in [3.8, 4) is 0 Å². The summed E-state index contributed by atoms with van der Waals surface area (Å²) < 4.78 is 6.00. The molecule has 1 aliphatic heterocycles. The number of rotatable bonds is 3. The van der Waals surface area contributed by atoms with Crippen LogP contribution in [0.1, 0.15) is 26.7 Å². The number of hydrogen-bond donors (Lipinski definition) is 1. The highest BCUT2D eigenvalue weighted by Gasteiger charge is 2.31. The zero-order valence-electron chi connectivity index (χ0n) is 11.8. The fourth-order valence-electron chi connectivity index (χ4n) is 2.73. The Balaban J connectivity index is 1.77. The Hall–Kier alpha value is -1.32. The van der Waals surface area contributed by atoms with Crippen LogP contribution in [0, 0.1) is 0 Å². The molecule has 0 spiro atoms. The third-order valence-electron chi connectivity index (χ3n) is 3.79. The summed E-state index contributed by atoms with van der Waals surface area (Å²) in [5, 5.41) is 5.16. The number of ether oxygens (including phenoxy) is 1. The van der Waals surface area contributed by atoms with Gasteiger partial charge in [0.25, 0.3) is 0 Å². The fraction of sp³-hybridized carbons (Fsp3) is 0.438. The molecular formula is C16H19ClN2O. The van der Waals surface area contributed by atoms with Gasteiger partial charge in [0.1, 0.15) is 0 Å². The maximum atomic E-state index is 6.20. The lowest BCUT2D eigenvalue weighted by molar-refractivity contribution is -0.00909. The summed E-state index contributed by atoms with van der Waals surface area (Å²) in [4.78, 5) is 4.43. The summed E-state index contributed by atoms with van der Waals surface area (Å²) in [6.07, 6.45) is 4.26. The molecule has 1 atom stereocenters. The minimum atomic E-state index is 0.00661. The maximum Gasteiger partial charge on any atom is 0.0948 e. The van der Waals surface area contributed by atoms with Crippen molar-refractivity contribution in [2.24, 2.45) is 0 Å². The number of fused-ring (bicyclic) bond motifs is 1. The minimum absolute atomic E-state index is 0.00661. The molecule has 0 bridgehead atoms. The molecule has 0 aliphatic carbocycles. The molecule has 1 aliphatic rings. The molecule has 1 aromatic heterocycles. The monoisotopic (exact) mass is 290 g/mol. The van der Waals surface area contributed by atoms with Crippen LogP contribution >= 0.6 is 11.6 Å². The molecule has 1 saturated heterocycles. The van der Waals surface area contributed by atoms with E-state index in [9.17, 15) is 0 Å². The molecule has 1 N–H and O–H groups in total. The quantitative estimate of drug-likeness (QED) is 0.917. The predicted molar refractivity (Wildman–Crippen MR) is 83.4 cm³/mol. The van der Waals surface area contributed by atoms with Gasteiger partial charge in [-0.15, -0.1) is 0 Å².